The Morgan fingerprint density at radius 3 is 2.62 bits per heavy atom. The molecular weight excluding hydrogens is 260 g/mol. The molecule has 21 heavy (non-hydrogen) atoms. The molecule has 2 aromatic rings. The molecule has 0 amide bonds. The van der Waals surface area contributed by atoms with Crippen LogP contribution in [-0.4, -0.2) is 13.1 Å². The molecule has 0 atom stereocenters. The van der Waals surface area contributed by atoms with Gasteiger partial charge in [-0.1, -0.05) is 26.0 Å². The van der Waals surface area contributed by atoms with Gasteiger partial charge in [0.1, 0.15) is 11.5 Å². The minimum Gasteiger partial charge on any atom is -0.463 e. The Labute approximate surface area is 128 Å². The lowest BCUT2D eigenvalue weighted by Gasteiger charge is -2.18. The minimum absolute atomic E-state index is 0.466. The standard InChI is InChI=1S/C18H26N2O/c1-13(2)19-11-18-15(4)10-17(21-18)12-20(5)16-8-6-7-14(3)9-16/h6-10,13,19H,11-12H2,1-5H3. The predicted octanol–water partition coefficient (Wildman–Crippen LogP) is 4.03. The second kappa shape index (κ2) is 6.81. The van der Waals surface area contributed by atoms with Gasteiger partial charge < -0.3 is 14.6 Å². The SMILES string of the molecule is Cc1cccc(N(C)Cc2cc(C)c(CNC(C)C)o2)c1. The molecule has 0 unspecified atom stereocenters. The van der Waals surface area contributed by atoms with E-state index in [0.717, 1.165) is 24.6 Å². The Balaban J connectivity index is 2.04. The Kier molecular flexibility index (Phi) is 5.07. The monoisotopic (exact) mass is 286 g/mol. The van der Waals surface area contributed by atoms with Crippen molar-refractivity contribution in [3.63, 3.8) is 0 Å². The van der Waals surface area contributed by atoms with Crippen molar-refractivity contribution in [2.24, 2.45) is 0 Å². The molecular formula is C18H26N2O. The average Bonchev–Trinajstić information content (AvgIpc) is 2.76. The van der Waals surface area contributed by atoms with Crippen LogP contribution >= 0.6 is 0 Å². The van der Waals surface area contributed by atoms with Crippen LogP contribution in [0, 0.1) is 13.8 Å². The molecule has 0 spiro atoms. The van der Waals surface area contributed by atoms with Crippen molar-refractivity contribution in [3.8, 4) is 0 Å². The molecule has 0 aliphatic rings. The van der Waals surface area contributed by atoms with Gasteiger partial charge in [0.05, 0.1) is 13.1 Å². The zero-order chi connectivity index (χ0) is 15.4. The number of nitrogens with zero attached hydrogens (tertiary/aromatic N) is 1. The lowest BCUT2D eigenvalue weighted by molar-refractivity contribution is 0.432. The van der Waals surface area contributed by atoms with Crippen LogP contribution in [0.1, 0.15) is 36.5 Å². The summed E-state index contributed by atoms with van der Waals surface area (Å²) in [5, 5.41) is 3.40. The molecule has 1 aromatic carbocycles. The van der Waals surface area contributed by atoms with Gasteiger partial charge in [-0.2, -0.15) is 0 Å². The Morgan fingerprint density at radius 1 is 1.19 bits per heavy atom. The van der Waals surface area contributed by atoms with Crippen molar-refractivity contribution < 1.29 is 4.42 Å². The van der Waals surface area contributed by atoms with Gasteiger partial charge in [-0.15, -0.1) is 0 Å². The molecule has 3 nitrogen and oxygen atoms in total. The molecule has 0 aliphatic heterocycles. The predicted molar refractivity (Wildman–Crippen MR) is 88.7 cm³/mol. The highest BCUT2D eigenvalue weighted by Gasteiger charge is 2.10. The Morgan fingerprint density at radius 2 is 1.95 bits per heavy atom. The topological polar surface area (TPSA) is 28.4 Å². The molecule has 114 valence electrons. The number of rotatable bonds is 6. The second-order valence-electron chi connectivity index (χ2n) is 6.05. The van der Waals surface area contributed by atoms with Crippen molar-refractivity contribution in [3.05, 3.63) is 53.0 Å². The van der Waals surface area contributed by atoms with Crippen molar-refractivity contribution in [2.45, 2.75) is 46.8 Å². The number of furan rings is 1. The highest BCUT2D eigenvalue weighted by atomic mass is 16.3. The van der Waals surface area contributed by atoms with E-state index in [2.05, 4.69) is 75.3 Å². The normalized spacial score (nSPS) is 11.1. The first-order valence-electron chi connectivity index (χ1n) is 7.55. The first-order valence-corrected chi connectivity index (χ1v) is 7.55. The van der Waals surface area contributed by atoms with Crippen LogP contribution in [0.25, 0.3) is 0 Å². The van der Waals surface area contributed by atoms with Gasteiger partial charge in [0.25, 0.3) is 0 Å². The van der Waals surface area contributed by atoms with E-state index in [4.69, 9.17) is 4.42 Å². The molecule has 2 rings (SSSR count). The molecule has 0 radical (unpaired) electrons. The summed E-state index contributed by atoms with van der Waals surface area (Å²) in [6.07, 6.45) is 0. The van der Waals surface area contributed by atoms with Crippen molar-refractivity contribution in [2.75, 3.05) is 11.9 Å². The number of hydrogen-bond acceptors (Lipinski definition) is 3. The number of aryl methyl sites for hydroxylation is 2. The van der Waals surface area contributed by atoms with Crippen LogP contribution in [0.5, 0.6) is 0 Å². The maximum atomic E-state index is 5.98. The third-order valence-electron chi connectivity index (χ3n) is 3.58. The van der Waals surface area contributed by atoms with E-state index in [1.807, 2.05) is 0 Å². The summed E-state index contributed by atoms with van der Waals surface area (Å²) < 4.78 is 5.98. The minimum atomic E-state index is 0.466. The van der Waals surface area contributed by atoms with Gasteiger partial charge >= 0.3 is 0 Å². The summed E-state index contributed by atoms with van der Waals surface area (Å²) in [6.45, 7) is 10.1. The van der Waals surface area contributed by atoms with E-state index >= 15 is 0 Å². The molecule has 1 heterocycles. The third kappa shape index (κ3) is 4.36. The molecule has 3 heteroatoms. The number of hydrogen-bond donors (Lipinski definition) is 1. The van der Waals surface area contributed by atoms with Gasteiger partial charge in [-0.05, 0) is 43.2 Å². The summed E-state index contributed by atoms with van der Waals surface area (Å²) >= 11 is 0. The third-order valence-corrected chi connectivity index (χ3v) is 3.58. The maximum Gasteiger partial charge on any atom is 0.123 e. The molecule has 1 aromatic heterocycles. The van der Waals surface area contributed by atoms with Gasteiger partial charge in [0.15, 0.2) is 0 Å². The van der Waals surface area contributed by atoms with Crippen LogP contribution in [0.2, 0.25) is 0 Å². The van der Waals surface area contributed by atoms with Gasteiger partial charge in [0, 0.05) is 18.8 Å². The highest BCUT2D eigenvalue weighted by molar-refractivity contribution is 5.47. The lowest BCUT2D eigenvalue weighted by Crippen LogP contribution is -2.21. The Bertz CT molecular complexity index is 587. The largest absolute Gasteiger partial charge is 0.463 e. The van der Waals surface area contributed by atoms with Gasteiger partial charge in [-0.25, -0.2) is 0 Å². The number of benzene rings is 1. The fraction of sp³-hybridized carbons (Fsp3) is 0.444. The zero-order valence-electron chi connectivity index (χ0n) is 13.7. The van der Waals surface area contributed by atoms with Crippen LogP contribution < -0.4 is 10.2 Å². The van der Waals surface area contributed by atoms with E-state index in [9.17, 15) is 0 Å². The Hall–Kier alpha value is -1.74. The fourth-order valence-electron chi connectivity index (χ4n) is 2.33. The lowest BCUT2D eigenvalue weighted by atomic mass is 10.2. The summed E-state index contributed by atoms with van der Waals surface area (Å²) in [5.74, 6) is 2.05. The molecule has 0 saturated heterocycles. The average molecular weight is 286 g/mol. The quantitative estimate of drug-likeness (QED) is 0.869. The number of anilines is 1. The van der Waals surface area contributed by atoms with Crippen molar-refractivity contribution in [1.29, 1.82) is 0 Å². The van der Waals surface area contributed by atoms with E-state index in [1.165, 1.54) is 16.8 Å². The first-order chi connectivity index (χ1) is 9.95. The van der Waals surface area contributed by atoms with E-state index in [1.54, 1.807) is 0 Å². The smallest absolute Gasteiger partial charge is 0.123 e. The summed E-state index contributed by atoms with van der Waals surface area (Å²) in [4.78, 5) is 2.21. The van der Waals surface area contributed by atoms with Crippen molar-refractivity contribution >= 4 is 5.69 Å². The van der Waals surface area contributed by atoms with E-state index < -0.39 is 0 Å². The zero-order valence-corrected chi connectivity index (χ0v) is 13.7. The van der Waals surface area contributed by atoms with E-state index in [-0.39, 0.29) is 0 Å². The second-order valence-corrected chi connectivity index (χ2v) is 6.05. The molecule has 1 N–H and O–H groups in total. The van der Waals surface area contributed by atoms with Gasteiger partial charge in [-0.3, -0.25) is 0 Å². The van der Waals surface area contributed by atoms with Crippen LogP contribution in [-0.2, 0) is 13.1 Å². The molecule has 0 saturated carbocycles. The number of nitrogens with one attached hydrogen (secondary N) is 1. The van der Waals surface area contributed by atoms with Gasteiger partial charge in [0.2, 0.25) is 0 Å². The summed E-state index contributed by atoms with van der Waals surface area (Å²) in [7, 11) is 2.10. The molecule has 0 aliphatic carbocycles. The first kappa shape index (κ1) is 15.6. The molecule has 0 fully saturated rings. The van der Waals surface area contributed by atoms with Crippen LogP contribution in [0.4, 0.5) is 5.69 Å². The maximum absolute atomic E-state index is 5.98. The van der Waals surface area contributed by atoms with Crippen LogP contribution in [0.3, 0.4) is 0 Å². The fourth-order valence-corrected chi connectivity index (χ4v) is 2.33. The van der Waals surface area contributed by atoms with E-state index in [0.29, 0.717) is 6.04 Å². The van der Waals surface area contributed by atoms with Crippen LogP contribution in [0.15, 0.2) is 34.7 Å². The summed E-state index contributed by atoms with van der Waals surface area (Å²) in [5.41, 5.74) is 3.71. The van der Waals surface area contributed by atoms with Crippen molar-refractivity contribution in [1.82, 2.24) is 5.32 Å². The summed E-state index contributed by atoms with van der Waals surface area (Å²) in [6, 6.07) is 11.1. The highest BCUT2D eigenvalue weighted by Crippen LogP contribution is 2.20. The molecule has 0 bridgehead atoms.